The van der Waals surface area contributed by atoms with Crippen LogP contribution in [0.2, 0.25) is 0 Å². The van der Waals surface area contributed by atoms with Gasteiger partial charge < -0.3 is 14.6 Å². The molecule has 1 aliphatic carbocycles. The second-order valence-corrected chi connectivity index (χ2v) is 5.80. The second-order valence-electron chi connectivity index (χ2n) is 5.80. The van der Waals surface area contributed by atoms with Crippen molar-refractivity contribution in [3.63, 3.8) is 0 Å². The lowest BCUT2D eigenvalue weighted by molar-refractivity contribution is -0.402. The van der Waals surface area contributed by atoms with E-state index in [4.69, 9.17) is 4.42 Å². The summed E-state index contributed by atoms with van der Waals surface area (Å²) in [6.45, 7) is 2.66. The molecule has 0 bridgehead atoms. The van der Waals surface area contributed by atoms with Crippen LogP contribution in [0.25, 0.3) is 0 Å². The van der Waals surface area contributed by atoms with Crippen LogP contribution in [0, 0.1) is 16.0 Å². The maximum atomic E-state index is 12.5. The zero-order valence-electron chi connectivity index (χ0n) is 11.8. The van der Waals surface area contributed by atoms with Gasteiger partial charge in [0.05, 0.1) is 6.07 Å². The SMILES string of the molecule is O=C(c1ccc([N+](=O)[O-])o1)N(CC1CCCNC1)C1CC1. The summed E-state index contributed by atoms with van der Waals surface area (Å²) in [5.74, 6) is -0.0878. The van der Waals surface area contributed by atoms with Gasteiger partial charge in [-0.2, -0.15) is 0 Å². The number of carbonyl (C=O) groups is 1. The largest absolute Gasteiger partial charge is 0.433 e. The van der Waals surface area contributed by atoms with E-state index < -0.39 is 4.92 Å². The molecular formula is C14H19N3O4. The van der Waals surface area contributed by atoms with Crippen molar-refractivity contribution in [3.05, 3.63) is 28.0 Å². The fourth-order valence-corrected chi connectivity index (χ4v) is 2.82. The molecule has 1 atom stereocenters. The second kappa shape index (κ2) is 5.85. The van der Waals surface area contributed by atoms with Crippen molar-refractivity contribution < 1.29 is 14.1 Å². The van der Waals surface area contributed by atoms with Crippen molar-refractivity contribution >= 4 is 11.8 Å². The summed E-state index contributed by atoms with van der Waals surface area (Å²) in [5.41, 5.74) is 0. The summed E-state index contributed by atoms with van der Waals surface area (Å²) in [6, 6.07) is 2.90. The molecule has 1 saturated carbocycles. The van der Waals surface area contributed by atoms with Gasteiger partial charge in [-0.25, -0.2) is 0 Å². The van der Waals surface area contributed by atoms with E-state index in [0.29, 0.717) is 12.5 Å². The van der Waals surface area contributed by atoms with Crippen LogP contribution in [0.5, 0.6) is 0 Å². The van der Waals surface area contributed by atoms with Gasteiger partial charge in [-0.05, 0) is 50.8 Å². The van der Waals surface area contributed by atoms with E-state index in [1.807, 2.05) is 4.90 Å². The molecule has 1 aromatic heterocycles. The number of furan rings is 1. The molecule has 2 aliphatic rings. The van der Waals surface area contributed by atoms with Crippen LogP contribution in [0.1, 0.15) is 36.2 Å². The summed E-state index contributed by atoms with van der Waals surface area (Å²) >= 11 is 0. The van der Waals surface area contributed by atoms with Crippen molar-refractivity contribution in [2.75, 3.05) is 19.6 Å². The number of nitrogens with one attached hydrogen (secondary N) is 1. The first kappa shape index (κ1) is 14.1. The molecule has 1 aliphatic heterocycles. The summed E-state index contributed by atoms with van der Waals surface area (Å²) < 4.78 is 5.05. The zero-order valence-corrected chi connectivity index (χ0v) is 11.8. The maximum absolute atomic E-state index is 12.5. The highest BCUT2D eigenvalue weighted by Gasteiger charge is 2.36. The minimum absolute atomic E-state index is 0.0670. The van der Waals surface area contributed by atoms with E-state index >= 15 is 0 Å². The Morgan fingerprint density at radius 1 is 1.43 bits per heavy atom. The van der Waals surface area contributed by atoms with Crippen molar-refractivity contribution in [2.45, 2.75) is 31.7 Å². The molecule has 1 saturated heterocycles. The van der Waals surface area contributed by atoms with Gasteiger partial charge in [0.25, 0.3) is 5.91 Å². The first-order chi connectivity index (χ1) is 10.1. The molecule has 3 rings (SSSR count). The zero-order chi connectivity index (χ0) is 14.8. The van der Waals surface area contributed by atoms with Gasteiger partial charge in [-0.15, -0.1) is 0 Å². The summed E-state index contributed by atoms with van der Waals surface area (Å²) in [5, 5.41) is 14.0. The van der Waals surface area contributed by atoms with Crippen molar-refractivity contribution in [3.8, 4) is 0 Å². The first-order valence-electron chi connectivity index (χ1n) is 7.41. The third kappa shape index (κ3) is 3.24. The molecule has 114 valence electrons. The maximum Gasteiger partial charge on any atom is 0.433 e. The molecule has 1 amide bonds. The Labute approximate surface area is 122 Å². The Morgan fingerprint density at radius 2 is 2.24 bits per heavy atom. The van der Waals surface area contributed by atoms with E-state index in [0.717, 1.165) is 38.8 Å². The van der Waals surface area contributed by atoms with Gasteiger partial charge >= 0.3 is 5.88 Å². The van der Waals surface area contributed by atoms with Crippen LogP contribution in [-0.4, -0.2) is 41.4 Å². The van der Waals surface area contributed by atoms with E-state index in [1.54, 1.807) is 0 Å². The molecule has 0 radical (unpaired) electrons. The van der Waals surface area contributed by atoms with Gasteiger partial charge in [0.2, 0.25) is 0 Å². The van der Waals surface area contributed by atoms with Gasteiger partial charge in [-0.3, -0.25) is 14.9 Å². The van der Waals surface area contributed by atoms with E-state index in [1.165, 1.54) is 12.1 Å². The minimum atomic E-state index is -0.622. The highest BCUT2D eigenvalue weighted by molar-refractivity contribution is 5.92. The summed E-state index contributed by atoms with van der Waals surface area (Å²) in [7, 11) is 0. The van der Waals surface area contributed by atoms with Crippen LogP contribution in [0.4, 0.5) is 5.88 Å². The molecule has 0 spiro atoms. The highest BCUT2D eigenvalue weighted by atomic mass is 16.6. The topological polar surface area (TPSA) is 88.6 Å². The third-order valence-corrected chi connectivity index (χ3v) is 4.08. The molecule has 1 unspecified atom stereocenters. The number of nitrogens with zero attached hydrogens (tertiary/aromatic N) is 2. The molecule has 7 heteroatoms. The highest BCUT2D eigenvalue weighted by Crippen LogP contribution is 2.30. The fraction of sp³-hybridized carbons (Fsp3) is 0.643. The van der Waals surface area contributed by atoms with Crippen molar-refractivity contribution in [2.24, 2.45) is 5.92 Å². The molecular weight excluding hydrogens is 274 g/mol. The van der Waals surface area contributed by atoms with Gasteiger partial charge in [0.1, 0.15) is 4.92 Å². The molecule has 1 N–H and O–H groups in total. The quantitative estimate of drug-likeness (QED) is 0.660. The number of carbonyl (C=O) groups excluding carboxylic acids is 1. The Kier molecular flexibility index (Phi) is 3.92. The Bertz CT molecular complexity index is 532. The molecule has 21 heavy (non-hydrogen) atoms. The average Bonchev–Trinajstić information content (AvgIpc) is 3.20. The first-order valence-corrected chi connectivity index (χ1v) is 7.41. The third-order valence-electron chi connectivity index (χ3n) is 4.08. The number of rotatable bonds is 5. The van der Waals surface area contributed by atoms with Crippen LogP contribution in [0.15, 0.2) is 16.5 Å². The summed E-state index contributed by atoms with van der Waals surface area (Å²) in [6.07, 6.45) is 4.26. The lowest BCUT2D eigenvalue weighted by atomic mass is 9.99. The van der Waals surface area contributed by atoms with E-state index in [2.05, 4.69) is 5.32 Å². The van der Waals surface area contributed by atoms with E-state index in [9.17, 15) is 14.9 Å². The monoisotopic (exact) mass is 293 g/mol. The smallest absolute Gasteiger partial charge is 0.395 e. The van der Waals surface area contributed by atoms with Crippen LogP contribution in [0.3, 0.4) is 0 Å². The molecule has 2 heterocycles. The Hall–Kier alpha value is -1.89. The van der Waals surface area contributed by atoms with Gasteiger partial charge in [-0.1, -0.05) is 0 Å². The Balaban J connectivity index is 1.70. The van der Waals surface area contributed by atoms with Gasteiger partial charge in [0.15, 0.2) is 5.76 Å². The number of amides is 1. The number of hydrogen-bond acceptors (Lipinski definition) is 5. The summed E-state index contributed by atoms with van der Waals surface area (Å²) in [4.78, 5) is 24.4. The van der Waals surface area contributed by atoms with Crippen molar-refractivity contribution in [1.82, 2.24) is 10.2 Å². The van der Waals surface area contributed by atoms with Gasteiger partial charge in [0, 0.05) is 12.6 Å². The fourth-order valence-electron chi connectivity index (χ4n) is 2.82. The number of nitro groups is 1. The van der Waals surface area contributed by atoms with Crippen molar-refractivity contribution in [1.29, 1.82) is 0 Å². The molecule has 1 aromatic rings. The predicted molar refractivity (Wildman–Crippen MR) is 75.0 cm³/mol. The van der Waals surface area contributed by atoms with Crippen LogP contribution in [-0.2, 0) is 0 Å². The minimum Gasteiger partial charge on any atom is -0.395 e. The molecule has 7 nitrogen and oxygen atoms in total. The molecule has 2 fully saturated rings. The number of piperidine rings is 1. The standard InChI is InChI=1S/C14H19N3O4/c18-14(12-5-6-13(21-12)17(19)20)16(11-3-4-11)9-10-2-1-7-15-8-10/h5-6,10-11,15H,1-4,7-9H2. The molecule has 0 aromatic carbocycles. The average molecular weight is 293 g/mol. The predicted octanol–water partition coefficient (Wildman–Crippen LogP) is 1.79. The number of hydrogen-bond donors (Lipinski definition) is 1. The Morgan fingerprint density at radius 3 is 2.81 bits per heavy atom. The van der Waals surface area contributed by atoms with Crippen LogP contribution < -0.4 is 5.32 Å². The lowest BCUT2D eigenvalue weighted by Crippen LogP contribution is -2.42. The van der Waals surface area contributed by atoms with E-state index in [-0.39, 0.29) is 23.6 Å². The normalized spacial score (nSPS) is 22.0. The van der Waals surface area contributed by atoms with Crippen LogP contribution >= 0.6 is 0 Å². The lowest BCUT2D eigenvalue weighted by Gasteiger charge is -2.29.